The van der Waals surface area contributed by atoms with Gasteiger partial charge in [0.25, 0.3) is 0 Å². The van der Waals surface area contributed by atoms with Crippen LogP contribution >= 0.6 is 0 Å². The van der Waals surface area contributed by atoms with E-state index >= 15 is 0 Å². The van der Waals surface area contributed by atoms with Gasteiger partial charge in [0.05, 0.1) is 12.7 Å². The van der Waals surface area contributed by atoms with Crippen LogP contribution in [0.4, 0.5) is 0 Å². The molecule has 0 heterocycles. The predicted molar refractivity (Wildman–Crippen MR) is 71.8 cm³/mol. The van der Waals surface area contributed by atoms with Crippen molar-refractivity contribution in [2.45, 2.75) is 52.6 Å². The van der Waals surface area contributed by atoms with E-state index in [2.05, 4.69) is 20.8 Å². The third-order valence-corrected chi connectivity index (χ3v) is 2.80. The van der Waals surface area contributed by atoms with Crippen molar-refractivity contribution in [3.63, 3.8) is 0 Å². The van der Waals surface area contributed by atoms with Crippen LogP contribution in [-0.4, -0.2) is 12.7 Å². The first-order chi connectivity index (χ1) is 8.30. The Labute approximate surface area is 105 Å². The van der Waals surface area contributed by atoms with Gasteiger partial charge in [-0.3, -0.25) is 0 Å². The molecule has 0 atom stereocenters. The average molecular weight is 236 g/mol. The summed E-state index contributed by atoms with van der Waals surface area (Å²) < 4.78 is 11.4. The molecule has 0 aliphatic rings. The van der Waals surface area contributed by atoms with Crippen LogP contribution in [0.3, 0.4) is 0 Å². The molecule has 0 fully saturated rings. The zero-order valence-electron chi connectivity index (χ0n) is 11.2. The fourth-order valence-corrected chi connectivity index (χ4v) is 1.60. The number of rotatable bonds is 8. The molecule has 0 bridgehead atoms. The van der Waals surface area contributed by atoms with E-state index < -0.39 is 0 Å². The Kier molecular flexibility index (Phi) is 6.53. The molecule has 0 aliphatic heterocycles. The lowest BCUT2D eigenvalue weighted by molar-refractivity contribution is 0.192. The van der Waals surface area contributed by atoms with Gasteiger partial charge in [-0.05, 0) is 43.5 Å². The van der Waals surface area contributed by atoms with Crippen LogP contribution in [-0.2, 0) is 0 Å². The molecular weight excluding hydrogens is 212 g/mol. The maximum absolute atomic E-state index is 5.84. The van der Waals surface area contributed by atoms with Crippen LogP contribution in [0.15, 0.2) is 24.3 Å². The Morgan fingerprint density at radius 1 is 0.941 bits per heavy atom. The molecule has 0 aromatic heterocycles. The quantitative estimate of drug-likeness (QED) is 0.621. The lowest BCUT2D eigenvalue weighted by atomic mass is 10.2. The molecule has 1 rings (SSSR count). The number of benzene rings is 1. The lowest BCUT2D eigenvalue weighted by Crippen LogP contribution is -2.13. The van der Waals surface area contributed by atoms with Crippen molar-refractivity contribution in [1.29, 1.82) is 0 Å². The molecule has 0 unspecified atom stereocenters. The average Bonchev–Trinajstić information content (AvgIpc) is 2.38. The van der Waals surface area contributed by atoms with Gasteiger partial charge < -0.3 is 9.47 Å². The van der Waals surface area contributed by atoms with Crippen molar-refractivity contribution < 1.29 is 9.47 Å². The highest BCUT2D eigenvalue weighted by Crippen LogP contribution is 2.20. The van der Waals surface area contributed by atoms with Crippen molar-refractivity contribution in [3.8, 4) is 11.5 Å². The Hall–Kier alpha value is -1.18. The predicted octanol–water partition coefficient (Wildman–Crippen LogP) is 4.43. The molecule has 1 aromatic carbocycles. The minimum absolute atomic E-state index is 0.321. The number of hydrogen-bond donors (Lipinski definition) is 0. The summed E-state index contributed by atoms with van der Waals surface area (Å²) in [5.41, 5.74) is 0. The highest BCUT2D eigenvalue weighted by molar-refractivity contribution is 5.31. The summed E-state index contributed by atoms with van der Waals surface area (Å²) in [6.07, 6.45) is 4.68. The summed E-state index contributed by atoms with van der Waals surface area (Å²) in [6, 6.07) is 7.93. The fraction of sp³-hybridized carbons (Fsp3) is 0.600. The first-order valence-electron chi connectivity index (χ1n) is 6.69. The summed E-state index contributed by atoms with van der Waals surface area (Å²) in [7, 11) is 0. The van der Waals surface area contributed by atoms with Crippen LogP contribution in [0, 0.1) is 0 Å². The third kappa shape index (κ3) is 5.12. The number of unbranched alkanes of at least 4 members (excludes halogenated alkanes) is 1. The van der Waals surface area contributed by atoms with Crippen molar-refractivity contribution in [2.75, 3.05) is 6.61 Å². The maximum atomic E-state index is 5.84. The van der Waals surface area contributed by atoms with Crippen molar-refractivity contribution in [2.24, 2.45) is 0 Å². The van der Waals surface area contributed by atoms with Gasteiger partial charge in [-0.2, -0.15) is 0 Å². The lowest BCUT2D eigenvalue weighted by Gasteiger charge is -2.15. The first kappa shape index (κ1) is 13.9. The van der Waals surface area contributed by atoms with Gasteiger partial charge in [-0.15, -0.1) is 0 Å². The summed E-state index contributed by atoms with van der Waals surface area (Å²) in [5, 5.41) is 0. The molecular formula is C15H24O2. The largest absolute Gasteiger partial charge is 0.494 e. The molecule has 0 amide bonds. The SMILES string of the molecule is CCCCOc1ccc(OC(CC)CC)cc1. The van der Waals surface area contributed by atoms with Crippen molar-refractivity contribution >= 4 is 0 Å². The minimum atomic E-state index is 0.321. The Balaban J connectivity index is 2.44. The molecule has 1 aromatic rings. The molecule has 0 N–H and O–H groups in total. The second-order valence-corrected chi connectivity index (χ2v) is 4.23. The van der Waals surface area contributed by atoms with Crippen LogP contribution in [0.2, 0.25) is 0 Å². The molecule has 17 heavy (non-hydrogen) atoms. The summed E-state index contributed by atoms with van der Waals surface area (Å²) in [6.45, 7) is 7.26. The van der Waals surface area contributed by atoms with Crippen molar-refractivity contribution in [3.05, 3.63) is 24.3 Å². The van der Waals surface area contributed by atoms with E-state index in [0.717, 1.165) is 43.8 Å². The Bertz CT molecular complexity index is 288. The second-order valence-electron chi connectivity index (χ2n) is 4.23. The van der Waals surface area contributed by atoms with E-state index in [-0.39, 0.29) is 0 Å². The summed E-state index contributed by atoms with van der Waals surface area (Å²) in [4.78, 5) is 0. The van der Waals surface area contributed by atoms with E-state index in [4.69, 9.17) is 9.47 Å². The standard InChI is InChI=1S/C15H24O2/c1-4-7-12-16-14-8-10-15(11-9-14)17-13(5-2)6-3/h8-11,13H,4-7,12H2,1-3H3. The van der Waals surface area contributed by atoms with E-state index in [1.54, 1.807) is 0 Å². The maximum Gasteiger partial charge on any atom is 0.119 e. The van der Waals surface area contributed by atoms with Crippen LogP contribution < -0.4 is 9.47 Å². The molecule has 0 radical (unpaired) electrons. The zero-order chi connectivity index (χ0) is 12.5. The Morgan fingerprint density at radius 3 is 2.06 bits per heavy atom. The zero-order valence-corrected chi connectivity index (χ0v) is 11.2. The van der Waals surface area contributed by atoms with Crippen LogP contribution in [0.5, 0.6) is 11.5 Å². The van der Waals surface area contributed by atoms with E-state index in [0.29, 0.717) is 6.10 Å². The molecule has 2 nitrogen and oxygen atoms in total. The number of hydrogen-bond acceptors (Lipinski definition) is 2. The van der Waals surface area contributed by atoms with E-state index in [1.807, 2.05) is 24.3 Å². The van der Waals surface area contributed by atoms with Gasteiger partial charge in [-0.1, -0.05) is 27.2 Å². The van der Waals surface area contributed by atoms with Crippen LogP contribution in [0.1, 0.15) is 46.5 Å². The van der Waals surface area contributed by atoms with Gasteiger partial charge in [-0.25, -0.2) is 0 Å². The molecule has 0 saturated carbocycles. The molecule has 2 heteroatoms. The highest BCUT2D eigenvalue weighted by atomic mass is 16.5. The minimum Gasteiger partial charge on any atom is -0.494 e. The summed E-state index contributed by atoms with van der Waals surface area (Å²) in [5.74, 6) is 1.86. The van der Waals surface area contributed by atoms with Gasteiger partial charge in [0, 0.05) is 0 Å². The highest BCUT2D eigenvalue weighted by Gasteiger charge is 2.04. The van der Waals surface area contributed by atoms with Crippen molar-refractivity contribution in [1.82, 2.24) is 0 Å². The topological polar surface area (TPSA) is 18.5 Å². The fourth-order valence-electron chi connectivity index (χ4n) is 1.60. The molecule has 0 spiro atoms. The van der Waals surface area contributed by atoms with E-state index in [9.17, 15) is 0 Å². The summed E-state index contributed by atoms with van der Waals surface area (Å²) >= 11 is 0. The Morgan fingerprint density at radius 2 is 1.53 bits per heavy atom. The monoisotopic (exact) mass is 236 g/mol. The molecule has 0 saturated heterocycles. The third-order valence-electron chi connectivity index (χ3n) is 2.80. The van der Waals surface area contributed by atoms with Gasteiger partial charge >= 0.3 is 0 Å². The van der Waals surface area contributed by atoms with Gasteiger partial charge in [0.15, 0.2) is 0 Å². The first-order valence-corrected chi connectivity index (χ1v) is 6.69. The van der Waals surface area contributed by atoms with E-state index in [1.165, 1.54) is 0 Å². The van der Waals surface area contributed by atoms with Gasteiger partial charge in [0.1, 0.15) is 11.5 Å². The molecule has 0 aliphatic carbocycles. The normalized spacial score (nSPS) is 10.6. The molecule has 96 valence electrons. The van der Waals surface area contributed by atoms with Crippen LogP contribution in [0.25, 0.3) is 0 Å². The second kappa shape index (κ2) is 7.99. The number of ether oxygens (including phenoxy) is 2. The smallest absolute Gasteiger partial charge is 0.119 e. The van der Waals surface area contributed by atoms with Gasteiger partial charge in [0.2, 0.25) is 0 Å².